The average Bonchev–Trinajstić information content (AvgIpc) is 3.56. The Balaban J connectivity index is 1.14. The molecule has 9 N–H and O–H groups in total. The number of benzene rings is 3. The summed E-state index contributed by atoms with van der Waals surface area (Å²) in [7, 11) is -1.94. The van der Waals surface area contributed by atoms with Crippen molar-refractivity contribution in [3.05, 3.63) is 69.8 Å². The third-order valence-electron chi connectivity index (χ3n) is 9.99. The number of nitrogens with zero attached hydrogens (tertiary/aromatic N) is 3. The van der Waals surface area contributed by atoms with Crippen molar-refractivity contribution >= 4 is 42.8 Å². The molecule has 0 bridgehead atoms. The van der Waals surface area contributed by atoms with Gasteiger partial charge in [0.1, 0.15) is 23.2 Å². The number of hydrogen-bond acceptors (Lipinski definition) is 11. The number of fused-ring (bicyclic) bond motifs is 1. The molecule has 0 spiro atoms. The highest BCUT2D eigenvalue weighted by Gasteiger charge is 2.43. The molecule has 2 fully saturated rings. The number of anilines is 1. The number of aromatic carboxylic acids is 1. The van der Waals surface area contributed by atoms with Crippen LogP contribution in [0.5, 0.6) is 28.7 Å². The summed E-state index contributed by atoms with van der Waals surface area (Å²) in [4.78, 5) is 68.8. The second-order valence-electron chi connectivity index (χ2n) is 13.4. The number of carboxylic acids is 1. The highest BCUT2D eigenvalue weighted by atomic mass is 19.1. The number of aromatic hydroxyl groups is 4. The second-order valence-corrected chi connectivity index (χ2v) is 13.4. The highest BCUT2D eigenvalue weighted by Crippen LogP contribution is 2.38. The third kappa shape index (κ3) is 7.52. The van der Waals surface area contributed by atoms with E-state index in [-0.39, 0.29) is 62.1 Å². The summed E-state index contributed by atoms with van der Waals surface area (Å²) in [6, 6.07) is -1.93. The van der Waals surface area contributed by atoms with Crippen LogP contribution in [-0.2, 0) is 11.2 Å². The fraction of sp³-hybridized carbons (Fsp3) is 0.324. The van der Waals surface area contributed by atoms with Gasteiger partial charge < -0.3 is 61.0 Å². The van der Waals surface area contributed by atoms with Crippen LogP contribution in [0.1, 0.15) is 45.9 Å². The van der Waals surface area contributed by atoms with Crippen molar-refractivity contribution in [2.24, 2.45) is 0 Å². The normalized spacial score (nSPS) is 17.5. The van der Waals surface area contributed by atoms with E-state index < -0.39 is 118 Å². The molecule has 18 nitrogen and oxygen atoms in total. The Morgan fingerprint density at radius 1 is 0.895 bits per heavy atom. The second kappa shape index (κ2) is 15.5. The van der Waals surface area contributed by atoms with Gasteiger partial charge >= 0.3 is 31.2 Å². The van der Waals surface area contributed by atoms with Gasteiger partial charge in [0, 0.05) is 43.9 Å². The van der Waals surface area contributed by atoms with Gasteiger partial charge in [0.25, 0.3) is 0 Å². The molecule has 23 heteroatoms. The average molecular weight is 804 g/mol. The van der Waals surface area contributed by atoms with E-state index in [1.54, 1.807) is 0 Å². The molecule has 3 heterocycles. The van der Waals surface area contributed by atoms with Crippen molar-refractivity contribution < 1.29 is 76.7 Å². The predicted octanol–water partition coefficient (Wildman–Crippen LogP) is 2.40. The summed E-state index contributed by atoms with van der Waals surface area (Å²) < 4.78 is 62.1. The number of amides is 7. The van der Waals surface area contributed by atoms with E-state index in [2.05, 4.69) is 16.0 Å². The first-order valence-electron chi connectivity index (χ1n) is 17.1. The van der Waals surface area contributed by atoms with Gasteiger partial charge in [-0.1, -0.05) is 6.07 Å². The number of carbonyl (C=O) groups excluding carboxylic acids is 4. The summed E-state index contributed by atoms with van der Waals surface area (Å²) in [5.41, 5.74) is -2.05. The van der Waals surface area contributed by atoms with Gasteiger partial charge in [-0.15, -0.1) is 0 Å². The summed E-state index contributed by atoms with van der Waals surface area (Å²) in [6.45, 7) is 1.07. The Hall–Kier alpha value is -6.65. The maximum Gasteiger partial charge on any atom is 0.547 e. The monoisotopic (exact) mass is 804 g/mol. The molecule has 0 radical (unpaired) electrons. The molecule has 302 valence electrons. The predicted molar refractivity (Wildman–Crippen MR) is 185 cm³/mol. The Labute approximate surface area is 319 Å². The van der Waals surface area contributed by atoms with Crippen LogP contribution < -0.4 is 20.6 Å². The molecule has 0 aliphatic carbocycles. The number of phenolic OH excluding ortho intramolecular Hbond substituents is 4. The number of nitrogens with one attached hydrogen (secondary N) is 3. The molecular weight excluding hydrogens is 771 g/mol. The Kier molecular flexibility index (Phi) is 10.9. The van der Waals surface area contributed by atoms with Gasteiger partial charge in [0.2, 0.25) is 11.7 Å². The molecule has 3 aliphatic heterocycles. The van der Waals surface area contributed by atoms with E-state index in [0.29, 0.717) is 12.1 Å². The molecule has 2 saturated heterocycles. The SMILES string of the molecule is Cc1c(C(NC(=O)N2CCN(C3CCN(C(=O)Nc4cc(O)c(F)c(O)c4F)CC3)C2=O)C(=O)N[C@H]2Cc3ccc(F)c(C(=O)O)c3OB2O)cc(F)c(O)c1O. The zero-order chi connectivity index (χ0) is 41.6. The Bertz CT molecular complexity index is 2190. The molecule has 7 amide bonds. The van der Waals surface area contributed by atoms with Gasteiger partial charge in [0.05, 0.1) is 11.6 Å². The third-order valence-corrected chi connectivity index (χ3v) is 9.99. The minimum atomic E-state index is -1.94. The molecule has 57 heavy (non-hydrogen) atoms. The zero-order valence-corrected chi connectivity index (χ0v) is 29.6. The fourth-order valence-electron chi connectivity index (χ4n) is 6.91. The Morgan fingerprint density at radius 2 is 1.58 bits per heavy atom. The lowest BCUT2D eigenvalue weighted by molar-refractivity contribution is -0.123. The van der Waals surface area contributed by atoms with E-state index in [9.17, 15) is 72.1 Å². The van der Waals surface area contributed by atoms with E-state index in [1.165, 1.54) is 22.8 Å². The molecule has 3 aromatic carbocycles. The van der Waals surface area contributed by atoms with Crippen molar-refractivity contribution in [1.82, 2.24) is 25.3 Å². The van der Waals surface area contributed by atoms with Gasteiger partial charge in [-0.3, -0.25) is 4.79 Å². The first-order chi connectivity index (χ1) is 26.9. The van der Waals surface area contributed by atoms with Crippen molar-refractivity contribution in [2.75, 3.05) is 31.5 Å². The van der Waals surface area contributed by atoms with Gasteiger partial charge in [-0.25, -0.2) is 37.2 Å². The first kappa shape index (κ1) is 40.0. The number of likely N-dealkylation sites (tertiary alicyclic amines) is 1. The van der Waals surface area contributed by atoms with E-state index in [4.69, 9.17) is 4.65 Å². The minimum Gasteiger partial charge on any atom is -0.534 e. The lowest BCUT2D eigenvalue weighted by atomic mass is 9.72. The summed E-state index contributed by atoms with van der Waals surface area (Å²) in [6.07, 6.45) is 0.0691. The van der Waals surface area contributed by atoms with Crippen LogP contribution in [0.2, 0.25) is 0 Å². The molecule has 3 aliphatic rings. The molecule has 1 unspecified atom stereocenters. The van der Waals surface area contributed by atoms with Gasteiger partial charge in [-0.05, 0) is 49.4 Å². The molecule has 3 aromatic rings. The number of piperidine rings is 1. The maximum atomic E-state index is 14.7. The summed E-state index contributed by atoms with van der Waals surface area (Å²) in [5.74, 6) is -14.9. The molecule has 0 aromatic heterocycles. The quantitative estimate of drug-likeness (QED) is 0.0948. The van der Waals surface area contributed by atoms with Crippen LogP contribution in [0.15, 0.2) is 24.3 Å². The number of rotatable bonds is 7. The number of phenols is 4. The lowest BCUT2D eigenvalue weighted by Gasteiger charge is -2.36. The molecular formula is C34H33BF4N6O12. The van der Waals surface area contributed by atoms with Crippen LogP contribution in [-0.4, -0.2) is 121 Å². The molecule has 2 atom stereocenters. The Morgan fingerprint density at radius 3 is 2.25 bits per heavy atom. The van der Waals surface area contributed by atoms with Crippen LogP contribution >= 0.6 is 0 Å². The zero-order valence-electron chi connectivity index (χ0n) is 29.6. The lowest BCUT2D eigenvalue weighted by Crippen LogP contribution is -2.56. The number of hydrogen-bond donors (Lipinski definition) is 9. The largest absolute Gasteiger partial charge is 0.547 e. The number of carboxylic acid groups (broad SMARTS) is 1. The van der Waals surface area contributed by atoms with Crippen LogP contribution in [0.25, 0.3) is 0 Å². The van der Waals surface area contributed by atoms with E-state index in [0.717, 1.165) is 11.0 Å². The van der Waals surface area contributed by atoms with E-state index >= 15 is 0 Å². The van der Waals surface area contributed by atoms with Crippen molar-refractivity contribution in [3.63, 3.8) is 0 Å². The van der Waals surface area contributed by atoms with Crippen molar-refractivity contribution in [2.45, 2.75) is 44.2 Å². The maximum absolute atomic E-state index is 14.7. The smallest absolute Gasteiger partial charge is 0.534 e. The standard InChI is InChI=1S/C34H33BF4N6O12/c1-13-16(11-18(37)27(48)26(13)47)25(30(50)41-21-10-14-2-3-17(36)22(31(51)52)29(14)57-35(21)56)42-33(54)45-9-8-44(34(45)55)15-4-6-43(7-5-15)32(53)40-19-12-20(46)24(39)28(49)23(19)38/h2-3,11-12,15,21,25,46-49,56H,4-10H2,1H3,(H,40,53)(H,41,50)(H,42,54)(H,51,52)/t21-,25?/m0/s1. The van der Waals surface area contributed by atoms with Crippen LogP contribution in [0.3, 0.4) is 0 Å². The van der Waals surface area contributed by atoms with E-state index in [1.807, 2.05) is 0 Å². The van der Waals surface area contributed by atoms with Crippen LogP contribution in [0.4, 0.5) is 37.6 Å². The molecule has 0 saturated carbocycles. The molecule has 6 rings (SSSR count). The first-order valence-corrected chi connectivity index (χ1v) is 17.1. The summed E-state index contributed by atoms with van der Waals surface area (Å²) in [5, 5.41) is 66.4. The highest BCUT2D eigenvalue weighted by molar-refractivity contribution is 6.47. The van der Waals surface area contributed by atoms with Crippen molar-refractivity contribution in [3.8, 4) is 28.7 Å². The fourth-order valence-corrected chi connectivity index (χ4v) is 6.91. The van der Waals surface area contributed by atoms with Crippen molar-refractivity contribution in [1.29, 1.82) is 0 Å². The summed E-state index contributed by atoms with van der Waals surface area (Å²) >= 11 is 0. The van der Waals surface area contributed by atoms with Crippen LogP contribution in [0, 0.1) is 30.2 Å². The minimum absolute atomic E-state index is 0.0108. The number of halogens is 4. The number of urea groups is 3. The number of carbonyl (C=O) groups is 5. The number of imide groups is 1. The van der Waals surface area contributed by atoms with Gasteiger partial charge in [-0.2, -0.15) is 4.39 Å². The van der Waals surface area contributed by atoms with Gasteiger partial charge in [0.15, 0.2) is 34.6 Å². The topological polar surface area (TPSA) is 262 Å².